The van der Waals surface area contributed by atoms with Gasteiger partial charge in [-0.15, -0.1) is 0 Å². The Balaban J connectivity index is 1.89. The van der Waals surface area contributed by atoms with Crippen molar-refractivity contribution in [2.24, 2.45) is 12.0 Å². The van der Waals surface area contributed by atoms with E-state index in [9.17, 15) is 4.79 Å². The summed E-state index contributed by atoms with van der Waals surface area (Å²) >= 11 is 1.59. The molecule has 0 unspecified atom stereocenters. The molecule has 1 amide bonds. The van der Waals surface area contributed by atoms with Gasteiger partial charge in [0.1, 0.15) is 0 Å². The van der Waals surface area contributed by atoms with Crippen molar-refractivity contribution in [1.82, 2.24) is 4.57 Å². The van der Waals surface area contributed by atoms with E-state index >= 15 is 0 Å². The van der Waals surface area contributed by atoms with Gasteiger partial charge in [-0.25, -0.2) is 0 Å². The second-order valence-electron chi connectivity index (χ2n) is 5.81. The van der Waals surface area contributed by atoms with E-state index in [1.807, 2.05) is 41.9 Å². The predicted octanol–water partition coefficient (Wildman–Crippen LogP) is 3.92. The summed E-state index contributed by atoms with van der Waals surface area (Å²) in [7, 11) is 1.98. The molecule has 3 aromatic rings. The van der Waals surface area contributed by atoms with Gasteiger partial charge in [0.05, 0.1) is 10.2 Å². The SMILES string of the molecule is Cc1ccc(C)c2c1sc(=NC(=O)CCc1ccccc1)n2C. The first-order valence-corrected chi connectivity index (χ1v) is 8.55. The molecule has 0 aliphatic rings. The summed E-state index contributed by atoms with van der Waals surface area (Å²) in [6.45, 7) is 4.19. The van der Waals surface area contributed by atoms with Crippen LogP contribution in [0.5, 0.6) is 0 Å². The van der Waals surface area contributed by atoms with Crippen LogP contribution in [0.15, 0.2) is 47.5 Å². The molecule has 3 rings (SSSR count). The molecular formula is C19H20N2OS. The van der Waals surface area contributed by atoms with Gasteiger partial charge < -0.3 is 4.57 Å². The Morgan fingerprint density at radius 1 is 1.09 bits per heavy atom. The molecule has 2 aromatic carbocycles. The van der Waals surface area contributed by atoms with Crippen LogP contribution >= 0.6 is 11.3 Å². The summed E-state index contributed by atoms with van der Waals surface area (Å²) in [5.41, 5.74) is 4.78. The Bertz CT molecular complexity index is 920. The predicted molar refractivity (Wildman–Crippen MR) is 95.6 cm³/mol. The zero-order valence-corrected chi connectivity index (χ0v) is 14.5. The number of hydrogen-bond donors (Lipinski definition) is 0. The number of carbonyl (C=O) groups excluding carboxylic acids is 1. The number of rotatable bonds is 3. The lowest BCUT2D eigenvalue weighted by Gasteiger charge is -2.01. The Hall–Kier alpha value is -2.20. The van der Waals surface area contributed by atoms with Crippen LogP contribution < -0.4 is 4.80 Å². The number of hydrogen-bond acceptors (Lipinski definition) is 2. The van der Waals surface area contributed by atoms with Crippen molar-refractivity contribution in [3.63, 3.8) is 0 Å². The average Bonchev–Trinajstić information content (AvgIpc) is 2.88. The van der Waals surface area contributed by atoms with Crippen LogP contribution in [0.2, 0.25) is 0 Å². The molecule has 0 saturated heterocycles. The van der Waals surface area contributed by atoms with Gasteiger partial charge >= 0.3 is 0 Å². The van der Waals surface area contributed by atoms with Gasteiger partial charge in [-0.1, -0.05) is 53.8 Å². The van der Waals surface area contributed by atoms with Crippen LogP contribution in [0, 0.1) is 13.8 Å². The first-order valence-electron chi connectivity index (χ1n) is 7.73. The third-order valence-corrected chi connectivity index (χ3v) is 5.30. The molecule has 0 N–H and O–H groups in total. The minimum atomic E-state index is -0.0636. The molecule has 118 valence electrons. The first kappa shape index (κ1) is 15.7. The van der Waals surface area contributed by atoms with Gasteiger partial charge in [0.2, 0.25) is 5.91 Å². The van der Waals surface area contributed by atoms with Crippen molar-refractivity contribution < 1.29 is 4.79 Å². The second-order valence-corrected chi connectivity index (χ2v) is 6.79. The number of thiazole rings is 1. The van der Waals surface area contributed by atoms with Crippen molar-refractivity contribution in [2.75, 3.05) is 0 Å². The number of fused-ring (bicyclic) bond motifs is 1. The van der Waals surface area contributed by atoms with E-state index in [2.05, 4.69) is 31.0 Å². The maximum absolute atomic E-state index is 12.2. The van der Waals surface area contributed by atoms with E-state index in [0.29, 0.717) is 6.42 Å². The van der Waals surface area contributed by atoms with Gasteiger partial charge in [0, 0.05) is 13.5 Å². The van der Waals surface area contributed by atoms with Gasteiger partial charge in [-0.3, -0.25) is 4.79 Å². The van der Waals surface area contributed by atoms with Crippen LogP contribution in [-0.2, 0) is 18.3 Å². The lowest BCUT2D eigenvalue weighted by molar-refractivity contribution is -0.118. The maximum Gasteiger partial charge on any atom is 0.248 e. The normalized spacial score (nSPS) is 12.0. The van der Waals surface area contributed by atoms with Crippen molar-refractivity contribution in [2.45, 2.75) is 26.7 Å². The van der Waals surface area contributed by atoms with Crippen molar-refractivity contribution in [1.29, 1.82) is 0 Å². The highest BCUT2D eigenvalue weighted by Crippen LogP contribution is 2.24. The molecule has 23 heavy (non-hydrogen) atoms. The molecule has 0 atom stereocenters. The summed E-state index contributed by atoms with van der Waals surface area (Å²) in [4.78, 5) is 17.3. The van der Waals surface area contributed by atoms with E-state index in [-0.39, 0.29) is 5.91 Å². The topological polar surface area (TPSA) is 34.4 Å². The Labute approximate surface area is 139 Å². The van der Waals surface area contributed by atoms with Gasteiger partial charge in [-0.05, 0) is 37.0 Å². The molecule has 4 heteroatoms. The molecule has 0 aliphatic carbocycles. The fourth-order valence-electron chi connectivity index (χ4n) is 2.73. The molecule has 0 radical (unpaired) electrons. The molecule has 0 fully saturated rings. The minimum Gasteiger partial charge on any atom is -0.319 e. The van der Waals surface area contributed by atoms with Crippen molar-refractivity contribution in [3.8, 4) is 0 Å². The van der Waals surface area contributed by atoms with Crippen LogP contribution in [0.1, 0.15) is 23.1 Å². The van der Waals surface area contributed by atoms with E-state index in [1.54, 1.807) is 11.3 Å². The number of nitrogens with zero attached hydrogens (tertiary/aromatic N) is 2. The van der Waals surface area contributed by atoms with Crippen LogP contribution in [0.25, 0.3) is 10.2 Å². The second kappa shape index (κ2) is 6.50. The van der Waals surface area contributed by atoms with Crippen LogP contribution in [-0.4, -0.2) is 10.5 Å². The summed E-state index contributed by atoms with van der Waals surface area (Å²) in [5, 5.41) is 0. The van der Waals surface area contributed by atoms with E-state index < -0.39 is 0 Å². The van der Waals surface area contributed by atoms with Gasteiger partial charge in [0.25, 0.3) is 0 Å². The van der Waals surface area contributed by atoms with E-state index in [1.165, 1.54) is 26.9 Å². The highest BCUT2D eigenvalue weighted by Gasteiger charge is 2.09. The summed E-state index contributed by atoms with van der Waals surface area (Å²) in [6, 6.07) is 14.3. The smallest absolute Gasteiger partial charge is 0.248 e. The van der Waals surface area contributed by atoms with E-state index in [0.717, 1.165) is 11.2 Å². The lowest BCUT2D eigenvalue weighted by atomic mass is 10.1. The van der Waals surface area contributed by atoms with Crippen LogP contribution in [0.4, 0.5) is 0 Å². The average molecular weight is 324 g/mol. The van der Waals surface area contributed by atoms with E-state index in [4.69, 9.17) is 0 Å². The van der Waals surface area contributed by atoms with Crippen molar-refractivity contribution in [3.05, 3.63) is 64.0 Å². The fraction of sp³-hybridized carbons (Fsp3) is 0.263. The standard InChI is InChI=1S/C19H20N2OS/c1-13-9-10-14(2)18-17(13)21(3)19(23-18)20-16(22)12-11-15-7-5-4-6-8-15/h4-10H,11-12H2,1-3H3. The van der Waals surface area contributed by atoms with Gasteiger partial charge in [-0.2, -0.15) is 4.99 Å². The molecule has 0 spiro atoms. The molecule has 3 nitrogen and oxygen atoms in total. The van der Waals surface area contributed by atoms with Gasteiger partial charge in [0.15, 0.2) is 4.80 Å². The number of benzene rings is 2. The minimum absolute atomic E-state index is 0.0636. The monoisotopic (exact) mass is 324 g/mol. The summed E-state index contributed by atoms with van der Waals surface area (Å²) in [5.74, 6) is -0.0636. The number of amides is 1. The zero-order valence-electron chi connectivity index (χ0n) is 13.7. The quantitative estimate of drug-likeness (QED) is 0.719. The molecule has 1 heterocycles. The molecular weight excluding hydrogens is 304 g/mol. The Kier molecular flexibility index (Phi) is 4.44. The number of aryl methyl sites for hydroxylation is 4. The first-order chi connectivity index (χ1) is 11.1. The third-order valence-electron chi connectivity index (χ3n) is 4.04. The molecule has 1 aromatic heterocycles. The van der Waals surface area contributed by atoms with Crippen LogP contribution in [0.3, 0.4) is 0 Å². The molecule has 0 aliphatic heterocycles. The Morgan fingerprint density at radius 2 is 1.78 bits per heavy atom. The third kappa shape index (κ3) is 3.27. The summed E-state index contributed by atoms with van der Waals surface area (Å²) in [6.07, 6.45) is 1.17. The molecule has 0 bridgehead atoms. The summed E-state index contributed by atoms with van der Waals surface area (Å²) < 4.78 is 3.24. The fourth-order valence-corrected chi connectivity index (χ4v) is 3.91. The highest BCUT2D eigenvalue weighted by molar-refractivity contribution is 7.16. The van der Waals surface area contributed by atoms with Crippen molar-refractivity contribution >= 4 is 27.5 Å². The maximum atomic E-state index is 12.2. The molecule has 0 saturated carbocycles. The number of aromatic nitrogens is 1. The Morgan fingerprint density at radius 3 is 2.48 bits per heavy atom. The largest absolute Gasteiger partial charge is 0.319 e. The lowest BCUT2D eigenvalue weighted by Crippen LogP contribution is -2.13. The highest BCUT2D eigenvalue weighted by atomic mass is 32.1. The number of carbonyl (C=O) groups is 1. The zero-order chi connectivity index (χ0) is 16.4.